The van der Waals surface area contributed by atoms with Crippen molar-refractivity contribution in [3.8, 4) is 11.1 Å². The normalized spacial score (nSPS) is 12.1. The van der Waals surface area contributed by atoms with Crippen molar-refractivity contribution < 1.29 is 0 Å². The van der Waals surface area contributed by atoms with Crippen molar-refractivity contribution in [2.75, 3.05) is 12.4 Å². The molecule has 1 heteroatoms. The third kappa shape index (κ3) is 1.16. The van der Waals surface area contributed by atoms with Gasteiger partial charge in [-0.1, -0.05) is 36.4 Å². The number of hydrogen-bond acceptors (Lipinski definition) is 1. The SMILES string of the molecule is CNc1cccc2c1-c1ccccc1C2. The number of hydrogen-bond donors (Lipinski definition) is 1. The minimum Gasteiger partial charge on any atom is -0.388 e. The van der Waals surface area contributed by atoms with Gasteiger partial charge in [0, 0.05) is 18.3 Å². The molecule has 0 bridgehead atoms. The molecule has 0 aromatic heterocycles. The van der Waals surface area contributed by atoms with Crippen molar-refractivity contribution in [3.63, 3.8) is 0 Å². The molecule has 2 aromatic carbocycles. The second kappa shape index (κ2) is 3.13. The molecule has 0 atom stereocenters. The van der Waals surface area contributed by atoms with E-state index < -0.39 is 0 Å². The highest BCUT2D eigenvalue weighted by molar-refractivity contribution is 5.86. The highest BCUT2D eigenvalue weighted by Crippen LogP contribution is 2.40. The lowest BCUT2D eigenvalue weighted by molar-refractivity contribution is 1.26. The summed E-state index contributed by atoms with van der Waals surface area (Å²) in [4.78, 5) is 0. The molecule has 2 aromatic rings. The van der Waals surface area contributed by atoms with Crippen LogP contribution in [0.3, 0.4) is 0 Å². The third-order valence-corrected chi connectivity index (χ3v) is 3.09. The molecule has 0 saturated carbocycles. The standard InChI is InChI=1S/C14H13N/c1-15-13-8-4-6-11-9-10-5-2-3-7-12(10)14(11)13/h2-8,15H,9H2,1H3. The van der Waals surface area contributed by atoms with Crippen LogP contribution in [0.25, 0.3) is 11.1 Å². The zero-order valence-electron chi connectivity index (χ0n) is 8.75. The minimum atomic E-state index is 1.07. The maximum atomic E-state index is 3.27. The molecule has 3 rings (SSSR count). The topological polar surface area (TPSA) is 12.0 Å². The molecule has 0 aliphatic heterocycles. The molecule has 0 radical (unpaired) electrons. The largest absolute Gasteiger partial charge is 0.388 e. The van der Waals surface area contributed by atoms with Crippen molar-refractivity contribution in [2.45, 2.75) is 6.42 Å². The summed E-state index contributed by atoms with van der Waals surface area (Å²) in [5, 5.41) is 3.27. The van der Waals surface area contributed by atoms with Gasteiger partial charge in [-0.3, -0.25) is 0 Å². The number of fused-ring (bicyclic) bond motifs is 3. The van der Waals surface area contributed by atoms with Gasteiger partial charge in [0.05, 0.1) is 0 Å². The number of rotatable bonds is 1. The van der Waals surface area contributed by atoms with E-state index in [0.717, 1.165) is 6.42 Å². The fraction of sp³-hybridized carbons (Fsp3) is 0.143. The second-order valence-corrected chi connectivity index (χ2v) is 3.92. The summed E-state index contributed by atoms with van der Waals surface area (Å²) >= 11 is 0. The van der Waals surface area contributed by atoms with Gasteiger partial charge in [0.1, 0.15) is 0 Å². The van der Waals surface area contributed by atoms with Crippen LogP contribution in [-0.2, 0) is 6.42 Å². The van der Waals surface area contributed by atoms with Gasteiger partial charge in [-0.05, 0) is 29.2 Å². The van der Waals surface area contributed by atoms with E-state index in [1.165, 1.54) is 27.9 Å². The Kier molecular flexibility index (Phi) is 1.78. The van der Waals surface area contributed by atoms with Crippen molar-refractivity contribution in [2.24, 2.45) is 0 Å². The summed E-state index contributed by atoms with van der Waals surface area (Å²) < 4.78 is 0. The summed E-state index contributed by atoms with van der Waals surface area (Å²) in [5.74, 6) is 0. The molecule has 1 aliphatic carbocycles. The summed E-state index contributed by atoms with van der Waals surface area (Å²) in [5.41, 5.74) is 6.88. The van der Waals surface area contributed by atoms with Gasteiger partial charge in [0.15, 0.2) is 0 Å². The fourth-order valence-electron chi connectivity index (χ4n) is 2.40. The van der Waals surface area contributed by atoms with Crippen LogP contribution in [0.1, 0.15) is 11.1 Å². The molecular weight excluding hydrogens is 182 g/mol. The first kappa shape index (κ1) is 8.54. The Bertz CT molecular complexity index is 514. The first-order valence-electron chi connectivity index (χ1n) is 5.28. The third-order valence-electron chi connectivity index (χ3n) is 3.09. The zero-order valence-corrected chi connectivity index (χ0v) is 8.75. The fourth-order valence-corrected chi connectivity index (χ4v) is 2.40. The van der Waals surface area contributed by atoms with Crippen LogP contribution in [0.5, 0.6) is 0 Å². The predicted octanol–water partition coefficient (Wildman–Crippen LogP) is 3.30. The monoisotopic (exact) mass is 195 g/mol. The summed E-state index contributed by atoms with van der Waals surface area (Å²) in [6, 6.07) is 15.1. The summed E-state index contributed by atoms with van der Waals surface area (Å²) in [6.45, 7) is 0. The van der Waals surface area contributed by atoms with Gasteiger partial charge in [0.25, 0.3) is 0 Å². The maximum absolute atomic E-state index is 3.27. The lowest BCUT2D eigenvalue weighted by atomic mass is 10.0. The van der Waals surface area contributed by atoms with Crippen LogP contribution in [0.2, 0.25) is 0 Å². The van der Waals surface area contributed by atoms with E-state index >= 15 is 0 Å². The molecule has 0 heterocycles. The molecule has 74 valence electrons. The molecular formula is C14H13N. The maximum Gasteiger partial charge on any atom is 0.0420 e. The Hall–Kier alpha value is -1.76. The zero-order chi connectivity index (χ0) is 10.3. The predicted molar refractivity (Wildman–Crippen MR) is 64.2 cm³/mol. The van der Waals surface area contributed by atoms with Crippen molar-refractivity contribution in [1.29, 1.82) is 0 Å². The summed E-state index contributed by atoms with van der Waals surface area (Å²) in [7, 11) is 1.98. The molecule has 1 N–H and O–H groups in total. The molecule has 0 amide bonds. The van der Waals surface area contributed by atoms with E-state index in [0.29, 0.717) is 0 Å². The number of benzene rings is 2. The van der Waals surface area contributed by atoms with Gasteiger partial charge >= 0.3 is 0 Å². The van der Waals surface area contributed by atoms with Crippen molar-refractivity contribution >= 4 is 5.69 Å². The first-order valence-corrected chi connectivity index (χ1v) is 5.28. The minimum absolute atomic E-state index is 1.07. The first-order chi connectivity index (χ1) is 7.40. The lowest BCUT2D eigenvalue weighted by Gasteiger charge is -2.08. The van der Waals surface area contributed by atoms with Gasteiger partial charge in [-0.15, -0.1) is 0 Å². The van der Waals surface area contributed by atoms with Crippen LogP contribution >= 0.6 is 0 Å². The van der Waals surface area contributed by atoms with E-state index in [2.05, 4.69) is 47.8 Å². The van der Waals surface area contributed by atoms with E-state index in [1.807, 2.05) is 7.05 Å². The van der Waals surface area contributed by atoms with Gasteiger partial charge < -0.3 is 5.32 Å². The number of nitrogens with one attached hydrogen (secondary N) is 1. The second-order valence-electron chi connectivity index (χ2n) is 3.92. The molecule has 1 nitrogen and oxygen atoms in total. The lowest BCUT2D eigenvalue weighted by Crippen LogP contribution is -1.91. The molecule has 15 heavy (non-hydrogen) atoms. The van der Waals surface area contributed by atoms with Crippen LogP contribution < -0.4 is 5.32 Å². The van der Waals surface area contributed by atoms with E-state index in [4.69, 9.17) is 0 Å². The van der Waals surface area contributed by atoms with Crippen LogP contribution in [0.4, 0.5) is 5.69 Å². The molecule has 0 spiro atoms. The average molecular weight is 195 g/mol. The molecule has 1 aliphatic rings. The molecule has 0 fully saturated rings. The quantitative estimate of drug-likeness (QED) is 0.628. The summed E-state index contributed by atoms with van der Waals surface area (Å²) in [6.07, 6.45) is 1.07. The van der Waals surface area contributed by atoms with Crippen LogP contribution in [-0.4, -0.2) is 7.05 Å². The Balaban J connectivity index is 2.30. The van der Waals surface area contributed by atoms with Crippen LogP contribution in [0.15, 0.2) is 42.5 Å². The van der Waals surface area contributed by atoms with Crippen molar-refractivity contribution in [1.82, 2.24) is 0 Å². The Morgan fingerprint density at radius 1 is 0.933 bits per heavy atom. The Labute approximate surface area is 89.8 Å². The van der Waals surface area contributed by atoms with E-state index in [1.54, 1.807) is 0 Å². The van der Waals surface area contributed by atoms with Gasteiger partial charge in [0.2, 0.25) is 0 Å². The smallest absolute Gasteiger partial charge is 0.0420 e. The Morgan fingerprint density at radius 3 is 2.60 bits per heavy atom. The van der Waals surface area contributed by atoms with Crippen molar-refractivity contribution in [3.05, 3.63) is 53.6 Å². The van der Waals surface area contributed by atoms with E-state index in [-0.39, 0.29) is 0 Å². The van der Waals surface area contributed by atoms with E-state index in [9.17, 15) is 0 Å². The average Bonchev–Trinajstić information content (AvgIpc) is 2.67. The molecule has 0 saturated heterocycles. The van der Waals surface area contributed by atoms with Gasteiger partial charge in [-0.2, -0.15) is 0 Å². The van der Waals surface area contributed by atoms with Gasteiger partial charge in [-0.25, -0.2) is 0 Å². The number of anilines is 1. The molecule has 0 unspecified atom stereocenters. The van der Waals surface area contributed by atoms with Crippen LogP contribution in [0, 0.1) is 0 Å². The Morgan fingerprint density at radius 2 is 1.73 bits per heavy atom. The highest BCUT2D eigenvalue weighted by Gasteiger charge is 2.19. The highest BCUT2D eigenvalue weighted by atomic mass is 14.8.